The fraction of sp³-hybridized carbons (Fsp3) is 0.977. The first-order valence-corrected chi connectivity index (χ1v) is 23.0. The highest BCUT2D eigenvalue weighted by atomic mass is 35.5. The molecule has 63 heavy (non-hydrogen) atoms. The fourth-order valence-electron chi connectivity index (χ4n) is 8.11. The second kappa shape index (κ2) is 29.0. The largest absolute Gasteiger partial charge is 0.433 e. The molecule has 6 unspecified atom stereocenters. The summed E-state index contributed by atoms with van der Waals surface area (Å²) in [6, 6.07) is 0. The molecule has 6 heterocycles. The van der Waals surface area contributed by atoms with Gasteiger partial charge in [0, 0.05) is 30.6 Å². The number of alkyl halides is 7. The Morgan fingerprint density at radius 2 is 0.762 bits per heavy atom. The quantitative estimate of drug-likeness (QED) is 0.115. The van der Waals surface area contributed by atoms with Crippen LogP contribution in [0.5, 0.6) is 0 Å². The second-order valence-corrected chi connectivity index (χ2v) is 17.7. The molecule has 6 rings (SSSR count). The van der Waals surface area contributed by atoms with Crippen LogP contribution in [0.3, 0.4) is 0 Å². The van der Waals surface area contributed by atoms with E-state index in [0.717, 1.165) is 25.7 Å². The molecule has 24 atom stereocenters. The number of carbonyl (C=O) groups excluding carboxylic acids is 1. The Morgan fingerprint density at radius 3 is 0.937 bits per heavy atom. The van der Waals surface area contributed by atoms with Crippen LogP contribution in [0.15, 0.2) is 0 Å². The molecule has 6 saturated heterocycles. The lowest BCUT2D eigenvalue weighted by atomic mass is 9.99. The predicted octanol–water partition coefficient (Wildman–Crippen LogP) is 7.24. The third kappa shape index (κ3) is 17.2. The van der Waals surface area contributed by atoms with Gasteiger partial charge in [-0.3, -0.25) is 4.79 Å². The third-order valence-electron chi connectivity index (χ3n) is 12.5. The maximum Gasteiger partial charge on any atom is 0.305 e. The normalized spacial score (nSPS) is 46.2. The van der Waals surface area contributed by atoms with E-state index < -0.39 is 91.5 Å². The molecule has 6 aliphatic rings. The van der Waals surface area contributed by atoms with Crippen LogP contribution in [-0.2, 0) is 38.0 Å². The molecule has 0 saturated carbocycles. The first-order valence-electron chi connectivity index (χ1n) is 22.5. The minimum absolute atomic E-state index is 0.0116. The van der Waals surface area contributed by atoms with Crippen molar-refractivity contribution in [3.63, 3.8) is 0 Å². The minimum Gasteiger partial charge on any atom is -0.433 e. The van der Waals surface area contributed by atoms with Gasteiger partial charge in [0.2, 0.25) is 6.29 Å². The molecule has 0 aromatic heterocycles. The zero-order chi connectivity index (χ0) is 48.6. The maximum atomic E-state index is 13.4. The van der Waals surface area contributed by atoms with Crippen LogP contribution in [0.1, 0.15) is 116 Å². The van der Waals surface area contributed by atoms with Crippen molar-refractivity contribution in [2.75, 3.05) is 13.2 Å². The fourth-order valence-corrected chi connectivity index (χ4v) is 8.47. The standard InChI is InChI=1S/C9H15FO3.2C8H15FO.C7H12ClFO.2C6H11FO3/c1-4-7-5(2)8(10)9(13-7)12-6(3)11;2*1-4-7-5(2)8(9)6(3)10-7;1-3-5-4(2)6(9)7(8)10-5;2*1-3-5(7)6(9)4(2-8)10-3/h5,7-9H,4H2,1-3H3;2*5-8H,4H2,1-3H3;4-7H,3H2,1-2H3;2*3-6,8-9H,2H2,1H3/t5-,7+,8?,9+;2*5-,6-,7+,8?;4-,5+,6?,7+;2*3-,4+,5?,6-/m000000/s1. The van der Waals surface area contributed by atoms with Crippen LogP contribution in [0.2, 0.25) is 0 Å². The molecule has 19 heteroatoms. The summed E-state index contributed by atoms with van der Waals surface area (Å²) in [5, 5.41) is 35.0. The van der Waals surface area contributed by atoms with E-state index in [4.69, 9.17) is 60.4 Å². The molecular weight excluding hydrogens is 870 g/mol. The SMILES string of the molecule is CC[C@H]1O[C@@H](C)C(F)[C@H]1C.CC[C@H]1O[C@@H](C)C(F)[C@H]1C.CC[C@H]1O[C@@H](Cl)C(F)[C@H]1C.CC[C@H]1O[C@@H](OC(C)=O)C(F)[C@H]1C.C[C@@H]1O[C@H](CO)[C@H](O)C1F.C[C@@H]1O[C@H](CO)[C@H](O)C1F. The third-order valence-corrected chi connectivity index (χ3v) is 12.8. The summed E-state index contributed by atoms with van der Waals surface area (Å²) < 4.78 is 113. The number of carbonyl (C=O) groups is 1. The number of aliphatic hydroxyl groups excluding tert-OH is 4. The number of halogens is 7. The van der Waals surface area contributed by atoms with Crippen molar-refractivity contribution in [3.8, 4) is 0 Å². The van der Waals surface area contributed by atoms with E-state index in [1.807, 2.05) is 48.5 Å². The zero-order valence-corrected chi connectivity index (χ0v) is 40.1. The van der Waals surface area contributed by atoms with Crippen molar-refractivity contribution in [2.24, 2.45) is 23.7 Å². The summed E-state index contributed by atoms with van der Waals surface area (Å²) in [6.07, 6.45) is -9.29. The minimum atomic E-state index is -1.36. The number of hydrogen-bond donors (Lipinski definition) is 4. The molecule has 6 aliphatic heterocycles. The molecule has 0 radical (unpaired) electrons. The van der Waals surface area contributed by atoms with E-state index in [1.165, 1.54) is 20.8 Å². The van der Waals surface area contributed by atoms with E-state index >= 15 is 0 Å². The predicted molar refractivity (Wildman–Crippen MR) is 226 cm³/mol. The van der Waals surface area contributed by atoms with E-state index in [1.54, 1.807) is 20.8 Å². The monoisotopic (exact) mass is 949 g/mol. The van der Waals surface area contributed by atoms with Gasteiger partial charge >= 0.3 is 5.97 Å². The Balaban J connectivity index is 0.000000379. The Morgan fingerprint density at radius 1 is 0.476 bits per heavy atom. The summed E-state index contributed by atoms with van der Waals surface area (Å²) in [4.78, 5) is 10.6. The van der Waals surface area contributed by atoms with Crippen LogP contribution in [0, 0.1) is 23.7 Å². The van der Waals surface area contributed by atoms with Crippen molar-refractivity contribution in [2.45, 2.75) is 238 Å². The Bertz CT molecular complexity index is 1100. The maximum absolute atomic E-state index is 13.4. The smallest absolute Gasteiger partial charge is 0.305 e. The van der Waals surface area contributed by atoms with Crippen LogP contribution in [-0.4, -0.2) is 162 Å². The van der Waals surface area contributed by atoms with Crippen LogP contribution in [0.4, 0.5) is 26.3 Å². The number of hydrogen-bond acceptors (Lipinski definition) is 12. The summed E-state index contributed by atoms with van der Waals surface area (Å²) in [5.41, 5.74) is -0.722. The average Bonchev–Trinajstić information content (AvgIpc) is 4.01. The molecule has 12 nitrogen and oxygen atoms in total. The van der Waals surface area contributed by atoms with Crippen molar-refractivity contribution in [3.05, 3.63) is 0 Å². The highest BCUT2D eigenvalue weighted by Crippen LogP contribution is 2.34. The first-order chi connectivity index (χ1) is 29.4. The van der Waals surface area contributed by atoms with Gasteiger partial charge in [-0.2, -0.15) is 0 Å². The van der Waals surface area contributed by atoms with Gasteiger partial charge in [0.15, 0.2) is 24.1 Å². The van der Waals surface area contributed by atoms with Gasteiger partial charge in [-0.25, -0.2) is 26.3 Å². The van der Waals surface area contributed by atoms with Gasteiger partial charge in [0.1, 0.15) is 42.9 Å². The first kappa shape index (κ1) is 60.0. The van der Waals surface area contributed by atoms with Gasteiger partial charge in [0.25, 0.3) is 0 Å². The van der Waals surface area contributed by atoms with E-state index in [9.17, 15) is 31.1 Å². The van der Waals surface area contributed by atoms with Crippen molar-refractivity contribution < 1.29 is 84.7 Å². The van der Waals surface area contributed by atoms with Gasteiger partial charge in [-0.15, -0.1) is 0 Å². The number of esters is 1. The molecule has 0 spiro atoms. The molecular formula is C44H79ClF6O12. The number of aliphatic hydroxyl groups is 4. The van der Waals surface area contributed by atoms with Crippen LogP contribution < -0.4 is 0 Å². The van der Waals surface area contributed by atoms with Crippen molar-refractivity contribution in [1.82, 2.24) is 0 Å². The summed E-state index contributed by atoms with van der Waals surface area (Å²) in [5.74, 6) is -0.585. The molecule has 0 amide bonds. The molecule has 6 fully saturated rings. The molecule has 0 aromatic rings. The Kier molecular flexibility index (Phi) is 27.6. The van der Waals surface area contributed by atoms with Crippen molar-refractivity contribution >= 4 is 17.6 Å². The molecule has 4 N–H and O–H groups in total. The number of rotatable bonds is 7. The van der Waals surface area contributed by atoms with Gasteiger partial charge in [0.05, 0.1) is 62.0 Å². The molecule has 0 aromatic carbocycles. The van der Waals surface area contributed by atoms with Gasteiger partial charge in [-0.05, 0) is 53.4 Å². The lowest BCUT2D eigenvalue weighted by Gasteiger charge is -2.12. The van der Waals surface area contributed by atoms with E-state index in [2.05, 4.69) is 4.74 Å². The molecule has 376 valence electrons. The van der Waals surface area contributed by atoms with Gasteiger partial charge in [-0.1, -0.05) is 67.0 Å². The van der Waals surface area contributed by atoms with E-state index in [-0.39, 0.29) is 73.5 Å². The highest BCUT2D eigenvalue weighted by molar-refractivity contribution is 6.20. The number of ether oxygens (including phenoxy) is 7. The lowest BCUT2D eigenvalue weighted by Crippen LogP contribution is -2.30. The van der Waals surface area contributed by atoms with Gasteiger partial charge < -0.3 is 53.6 Å². The van der Waals surface area contributed by atoms with Crippen LogP contribution in [0.25, 0.3) is 0 Å². The van der Waals surface area contributed by atoms with Crippen LogP contribution >= 0.6 is 11.6 Å². The molecule has 0 aliphatic carbocycles. The lowest BCUT2D eigenvalue weighted by molar-refractivity contribution is -0.180. The Hall–Kier alpha value is -1.06. The Labute approximate surface area is 376 Å². The summed E-state index contributed by atoms with van der Waals surface area (Å²) >= 11 is 5.53. The van der Waals surface area contributed by atoms with E-state index in [0.29, 0.717) is 0 Å². The summed E-state index contributed by atoms with van der Waals surface area (Å²) in [6.45, 7) is 22.7. The highest BCUT2D eigenvalue weighted by Gasteiger charge is 2.45. The second-order valence-electron chi connectivity index (χ2n) is 17.3. The summed E-state index contributed by atoms with van der Waals surface area (Å²) in [7, 11) is 0. The zero-order valence-electron chi connectivity index (χ0n) is 39.3. The van der Waals surface area contributed by atoms with Crippen molar-refractivity contribution in [1.29, 1.82) is 0 Å². The molecule has 0 bridgehead atoms. The topological polar surface area (TPSA) is 163 Å². The average molecular weight is 950 g/mol.